The highest BCUT2D eigenvalue weighted by atomic mass is 35.5. The molecule has 4 heteroatoms. The van der Waals surface area contributed by atoms with Crippen LogP contribution in [0.3, 0.4) is 0 Å². The third-order valence-corrected chi connectivity index (χ3v) is 5.03. The molecule has 2 nitrogen and oxygen atoms in total. The lowest BCUT2D eigenvalue weighted by molar-refractivity contribution is 0.419. The summed E-state index contributed by atoms with van der Waals surface area (Å²) in [6.45, 7) is 0. The Hall–Kier alpha value is -1.06. The minimum atomic E-state index is -0.0878. The predicted molar refractivity (Wildman–Crippen MR) is 88.7 cm³/mol. The maximum absolute atomic E-state index is 6.09. The summed E-state index contributed by atoms with van der Waals surface area (Å²) in [5.41, 5.74) is 6.41. The lowest BCUT2D eigenvalue weighted by Crippen LogP contribution is -2.28. The maximum Gasteiger partial charge on any atom is 0.0710 e. The molecule has 110 valence electrons. The molecule has 0 heterocycles. The zero-order chi connectivity index (χ0) is 14.8. The van der Waals surface area contributed by atoms with Gasteiger partial charge >= 0.3 is 0 Å². The largest absolute Gasteiger partial charge is 0.271 e. The molecule has 0 aliphatic heterocycles. The average Bonchev–Trinajstić information content (AvgIpc) is 2.43. The van der Waals surface area contributed by atoms with Gasteiger partial charge in [0.25, 0.3) is 0 Å². The van der Waals surface area contributed by atoms with E-state index in [2.05, 4.69) is 29.7 Å². The summed E-state index contributed by atoms with van der Waals surface area (Å²) in [5, 5.41) is 1.09. The highest BCUT2D eigenvalue weighted by Gasteiger charge is 2.20. The first-order valence-corrected chi connectivity index (χ1v) is 7.95. The van der Waals surface area contributed by atoms with Gasteiger partial charge in [-0.25, -0.2) is 5.43 Å². The zero-order valence-corrected chi connectivity index (χ0v) is 13.2. The average molecular weight is 321 g/mol. The van der Waals surface area contributed by atoms with Gasteiger partial charge in [0.15, 0.2) is 0 Å². The molecule has 1 aliphatic carbocycles. The van der Waals surface area contributed by atoms with E-state index in [0.29, 0.717) is 10.0 Å². The Morgan fingerprint density at radius 1 is 0.952 bits per heavy atom. The van der Waals surface area contributed by atoms with E-state index in [-0.39, 0.29) is 6.04 Å². The number of hydrogen-bond donors (Lipinski definition) is 2. The molecule has 3 N–H and O–H groups in total. The van der Waals surface area contributed by atoms with Crippen LogP contribution in [0.4, 0.5) is 0 Å². The summed E-state index contributed by atoms with van der Waals surface area (Å²) < 4.78 is 0. The summed E-state index contributed by atoms with van der Waals surface area (Å²) in [6.07, 6.45) is 3.97. The first kappa shape index (κ1) is 14.9. The quantitative estimate of drug-likeness (QED) is 0.626. The van der Waals surface area contributed by atoms with Gasteiger partial charge in [0.2, 0.25) is 0 Å². The molecule has 21 heavy (non-hydrogen) atoms. The molecule has 0 bridgehead atoms. The number of nitrogens with one attached hydrogen (secondary N) is 1. The Morgan fingerprint density at radius 2 is 1.62 bits per heavy atom. The Bertz CT molecular complexity index is 621. The van der Waals surface area contributed by atoms with Crippen LogP contribution in [0.1, 0.15) is 47.9 Å². The molecule has 1 fully saturated rings. The minimum Gasteiger partial charge on any atom is -0.271 e. The molecule has 1 saturated carbocycles. The molecule has 0 saturated heterocycles. The van der Waals surface area contributed by atoms with Crippen molar-refractivity contribution in [2.75, 3.05) is 0 Å². The van der Waals surface area contributed by atoms with Gasteiger partial charge in [0.05, 0.1) is 16.1 Å². The van der Waals surface area contributed by atoms with Crippen LogP contribution >= 0.6 is 23.2 Å². The van der Waals surface area contributed by atoms with Crippen LogP contribution in [-0.4, -0.2) is 0 Å². The molecule has 2 aromatic carbocycles. The fourth-order valence-corrected chi connectivity index (χ4v) is 3.09. The molecular formula is C17H18Cl2N2. The van der Waals surface area contributed by atoms with E-state index in [1.54, 1.807) is 6.07 Å². The molecule has 3 rings (SSSR count). The zero-order valence-electron chi connectivity index (χ0n) is 11.7. The molecule has 1 atom stereocenters. The Morgan fingerprint density at radius 3 is 2.14 bits per heavy atom. The van der Waals surface area contributed by atoms with Crippen LogP contribution in [0.5, 0.6) is 0 Å². The first-order valence-electron chi connectivity index (χ1n) is 7.20. The van der Waals surface area contributed by atoms with Crippen molar-refractivity contribution in [3.05, 3.63) is 69.2 Å². The van der Waals surface area contributed by atoms with Crippen LogP contribution in [0.25, 0.3) is 0 Å². The Kier molecular flexibility index (Phi) is 4.51. The van der Waals surface area contributed by atoms with Crippen molar-refractivity contribution in [1.82, 2.24) is 5.43 Å². The van der Waals surface area contributed by atoms with E-state index in [9.17, 15) is 0 Å². The summed E-state index contributed by atoms with van der Waals surface area (Å²) in [6, 6.07) is 14.2. The van der Waals surface area contributed by atoms with Crippen LogP contribution in [0.15, 0.2) is 42.5 Å². The molecule has 2 aromatic rings. The number of hydrazine groups is 1. The summed E-state index contributed by atoms with van der Waals surface area (Å²) in [5.74, 6) is 6.48. The summed E-state index contributed by atoms with van der Waals surface area (Å²) in [7, 11) is 0. The minimum absolute atomic E-state index is 0.0878. The van der Waals surface area contributed by atoms with Gasteiger partial charge in [-0.1, -0.05) is 60.0 Å². The van der Waals surface area contributed by atoms with Gasteiger partial charge in [0, 0.05) is 0 Å². The van der Waals surface area contributed by atoms with Crippen LogP contribution in [-0.2, 0) is 0 Å². The van der Waals surface area contributed by atoms with Crippen molar-refractivity contribution < 1.29 is 0 Å². The van der Waals surface area contributed by atoms with Crippen LogP contribution in [0.2, 0.25) is 10.0 Å². The smallest absolute Gasteiger partial charge is 0.0710 e. The summed E-state index contributed by atoms with van der Waals surface area (Å²) in [4.78, 5) is 0. The van der Waals surface area contributed by atoms with E-state index < -0.39 is 0 Å². The third-order valence-electron chi connectivity index (χ3n) is 4.29. The number of halogens is 2. The molecule has 1 unspecified atom stereocenters. The normalized spacial score (nSPS) is 16.5. The van der Waals surface area contributed by atoms with Crippen molar-refractivity contribution in [3.8, 4) is 0 Å². The monoisotopic (exact) mass is 320 g/mol. The summed E-state index contributed by atoms with van der Waals surface area (Å²) >= 11 is 12.1. The maximum atomic E-state index is 6.09. The van der Waals surface area contributed by atoms with Gasteiger partial charge < -0.3 is 0 Å². The van der Waals surface area contributed by atoms with Gasteiger partial charge in [-0.2, -0.15) is 0 Å². The standard InChI is InChI=1S/C17H18Cl2N2/c18-15-9-8-14(10-16(15)19)17(21-20)13-6-4-12(5-7-13)11-2-1-3-11/h4-11,17,21H,1-3,20H2. The van der Waals surface area contributed by atoms with E-state index in [1.807, 2.05) is 12.1 Å². The second-order valence-corrected chi connectivity index (χ2v) is 6.38. The number of hydrogen-bond acceptors (Lipinski definition) is 2. The first-order chi connectivity index (χ1) is 10.2. The van der Waals surface area contributed by atoms with Gasteiger partial charge in [-0.15, -0.1) is 0 Å². The molecule has 1 aliphatic rings. The number of rotatable bonds is 4. The SMILES string of the molecule is NNC(c1ccc(C2CCC2)cc1)c1ccc(Cl)c(Cl)c1. The van der Waals surface area contributed by atoms with Crippen LogP contribution in [0, 0.1) is 0 Å². The van der Waals surface area contributed by atoms with Crippen molar-refractivity contribution in [3.63, 3.8) is 0 Å². The lowest BCUT2D eigenvalue weighted by atomic mass is 9.79. The van der Waals surface area contributed by atoms with E-state index in [1.165, 1.54) is 24.8 Å². The van der Waals surface area contributed by atoms with Crippen LogP contribution < -0.4 is 11.3 Å². The lowest BCUT2D eigenvalue weighted by Gasteiger charge is -2.26. The topological polar surface area (TPSA) is 38.0 Å². The highest BCUT2D eigenvalue weighted by Crippen LogP contribution is 2.37. The number of benzene rings is 2. The fraction of sp³-hybridized carbons (Fsp3) is 0.294. The van der Waals surface area contributed by atoms with Crippen molar-refractivity contribution >= 4 is 23.2 Å². The third kappa shape index (κ3) is 3.09. The highest BCUT2D eigenvalue weighted by molar-refractivity contribution is 6.42. The van der Waals surface area contributed by atoms with Crippen molar-refractivity contribution in [2.24, 2.45) is 5.84 Å². The molecule has 0 aromatic heterocycles. The van der Waals surface area contributed by atoms with Gasteiger partial charge in [-0.05, 0) is 47.6 Å². The molecule has 0 radical (unpaired) electrons. The van der Waals surface area contributed by atoms with Gasteiger partial charge in [0.1, 0.15) is 0 Å². The Balaban J connectivity index is 1.86. The van der Waals surface area contributed by atoms with Crippen molar-refractivity contribution in [1.29, 1.82) is 0 Å². The van der Waals surface area contributed by atoms with E-state index in [4.69, 9.17) is 29.0 Å². The molecule has 0 spiro atoms. The molecule has 0 amide bonds. The molecular weight excluding hydrogens is 303 g/mol. The van der Waals surface area contributed by atoms with E-state index in [0.717, 1.165) is 17.0 Å². The number of nitrogens with two attached hydrogens (primary N) is 1. The Labute approximate surface area is 135 Å². The fourth-order valence-electron chi connectivity index (χ4n) is 2.78. The second kappa shape index (κ2) is 6.37. The van der Waals surface area contributed by atoms with Gasteiger partial charge in [-0.3, -0.25) is 5.84 Å². The second-order valence-electron chi connectivity index (χ2n) is 5.57. The van der Waals surface area contributed by atoms with E-state index >= 15 is 0 Å². The predicted octanol–water partition coefficient (Wildman–Crippen LogP) is 4.81. The van der Waals surface area contributed by atoms with Crippen molar-refractivity contribution in [2.45, 2.75) is 31.2 Å².